The van der Waals surface area contributed by atoms with Gasteiger partial charge in [0.15, 0.2) is 0 Å². The van der Waals surface area contributed by atoms with Crippen molar-refractivity contribution in [1.29, 1.82) is 0 Å². The van der Waals surface area contributed by atoms with Gasteiger partial charge in [-0.05, 0) is 50.9 Å². The van der Waals surface area contributed by atoms with Crippen LogP contribution in [0.3, 0.4) is 0 Å². The lowest BCUT2D eigenvalue weighted by Gasteiger charge is -2.14. The van der Waals surface area contributed by atoms with E-state index in [0.29, 0.717) is 11.3 Å². The molecule has 25 heavy (non-hydrogen) atoms. The summed E-state index contributed by atoms with van der Waals surface area (Å²) in [4.78, 5) is 0. The molecule has 158 valence electrons. The highest BCUT2D eigenvalue weighted by Gasteiger charge is 2.06. The van der Waals surface area contributed by atoms with Crippen LogP contribution in [0.2, 0.25) is 0 Å². The molecular weight excluding hydrogens is 300 g/mol. The molecule has 0 heterocycles. The molecule has 0 nitrogen and oxygen atoms in total. The van der Waals surface area contributed by atoms with Crippen LogP contribution >= 0.6 is 0 Å². The zero-order valence-electron chi connectivity index (χ0n) is 16.5. The molecule has 1 atom stereocenters. The average Bonchev–Trinajstić information content (AvgIpc) is 2.47. The minimum Gasteiger partial charge on any atom is -0.103 e. The third-order valence-corrected chi connectivity index (χ3v) is 4.03. The smallest absolute Gasteiger partial charge is 0.0180 e. The van der Waals surface area contributed by atoms with Crippen molar-refractivity contribution < 1.29 is 0 Å². The van der Waals surface area contributed by atoms with Crippen molar-refractivity contribution in [2.24, 2.45) is 11.3 Å². The van der Waals surface area contributed by atoms with Gasteiger partial charge in [0.1, 0.15) is 0 Å². The van der Waals surface area contributed by atoms with Crippen molar-refractivity contribution in [2.45, 2.75) is 118 Å². The first-order chi connectivity index (χ1) is 9.61. The van der Waals surface area contributed by atoms with Gasteiger partial charge in [0.25, 0.3) is 0 Å². The molecule has 0 amide bonds. The van der Waals surface area contributed by atoms with Gasteiger partial charge >= 0.3 is 0 Å². The summed E-state index contributed by atoms with van der Waals surface area (Å²) in [7, 11) is 0. The van der Waals surface area contributed by atoms with Gasteiger partial charge in [0.05, 0.1) is 0 Å². The van der Waals surface area contributed by atoms with Crippen molar-refractivity contribution in [3.8, 4) is 0 Å². The predicted molar refractivity (Wildman–Crippen MR) is 130 cm³/mol. The van der Waals surface area contributed by atoms with Crippen LogP contribution in [0.1, 0.15) is 118 Å². The van der Waals surface area contributed by atoms with Crippen molar-refractivity contribution in [2.75, 3.05) is 0 Å². The molecule has 0 aliphatic rings. The number of allylic oxidation sites excluding steroid dienone is 4. The average molecular weight is 359 g/mol. The highest BCUT2D eigenvalue weighted by atomic mass is 14.1. The lowest BCUT2D eigenvalue weighted by atomic mass is 9.91. The van der Waals surface area contributed by atoms with E-state index >= 15 is 0 Å². The van der Waals surface area contributed by atoms with Gasteiger partial charge in [-0.15, -0.1) is 6.58 Å². The molecule has 0 aromatic rings. The zero-order valence-corrected chi connectivity index (χ0v) is 16.5. The SMILES string of the molecule is C.C.C.C.C=C(C)C(C)CC.C=CC(C)(C)CC.CC/C=C(/C)CC. The molecule has 0 spiro atoms. The van der Waals surface area contributed by atoms with Crippen molar-refractivity contribution in [3.05, 3.63) is 36.5 Å². The summed E-state index contributed by atoms with van der Waals surface area (Å²) in [5.41, 5.74) is 3.14. The topological polar surface area (TPSA) is 0 Å². The zero-order chi connectivity index (χ0) is 17.5. The summed E-state index contributed by atoms with van der Waals surface area (Å²) in [6.07, 6.45) is 9.03. The Kier molecular flexibility index (Phi) is 49.4. The summed E-state index contributed by atoms with van der Waals surface area (Å²) in [5, 5.41) is 0. The van der Waals surface area contributed by atoms with Crippen LogP contribution < -0.4 is 0 Å². The Morgan fingerprint density at radius 2 is 1.36 bits per heavy atom. The monoisotopic (exact) mass is 358 g/mol. The van der Waals surface area contributed by atoms with E-state index in [-0.39, 0.29) is 29.7 Å². The molecule has 0 saturated heterocycles. The quantitative estimate of drug-likeness (QED) is 0.414. The van der Waals surface area contributed by atoms with E-state index in [0.717, 1.165) is 0 Å². The van der Waals surface area contributed by atoms with Crippen LogP contribution in [0, 0.1) is 11.3 Å². The molecule has 0 rings (SSSR count). The molecule has 0 heteroatoms. The van der Waals surface area contributed by atoms with Crippen LogP contribution in [-0.4, -0.2) is 0 Å². The third kappa shape index (κ3) is 39.7. The van der Waals surface area contributed by atoms with E-state index < -0.39 is 0 Å². The Bertz CT molecular complexity index is 278. The molecule has 0 aliphatic heterocycles. The van der Waals surface area contributed by atoms with E-state index in [4.69, 9.17) is 0 Å². The van der Waals surface area contributed by atoms with Crippen LogP contribution in [0.15, 0.2) is 36.5 Å². The Balaban J connectivity index is -0.0000000360. The van der Waals surface area contributed by atoms with Gasteiger partial charge < -0.3 is 0 Å². The van der Waals surface area contributed by atoms with Gasteiger partial charge in [-0.2, -0.15) is 0 Å². The second-order valence-corrected chi connectivity index (χ2v) is 6.51. The maximum Gasteiger partial charge on any atom is -0.0180 e. The minimum absolute atomic E-state index is 0. The minimum atomic E-state index is 0. The Morgan fingerprint density at radius 3 is 1.40 bits per heavy atom. The maximum atomic E-state index is 3.83. The Hall–Kier alpha value is -0.780. The first kappa shape index (κ1) is 44.0. The molecule has 1 unspecified atom stereocenters. The van der Waals surface area contributed by atoms with Crippen LogP contribution in [0.25, 0.3) is 0 Å². The van der Waals surface area contributed by atoms with E-state index in [2.05, 4.69) is 81.5 Å². The standard InChI is InChI=1S/3C7H14.4CH4/c1-5-7(3,4)6-2;1-5-7(4)6(2)3;1-4-6-7(3)5-2;;;;/h5H,1,6H2,2-4H3;7H,2,5H2,1,3-4H3;6H,4-5H2,1-3H3;4*1H4/b;;7-6-;;;;. The lowest BCUT2D eigenvalue weighted by Crippen LogP contribution is -2.02. The lowest BCUT2D eigenvalue weighted by molar-refractivity contribution is 0.463. The van der Waals surface area contributed by atoms with Crippen LogP contribution in [0.5, 0.6) is 0 Å². The highest BCUT2D eigenvalue weighted by Crippen LogP contribution is 2.19. The molecule has 0 fully saturated rings. The molecule has 0 aromatic heterocycles. The van der Waals surface area contributed by atoms with Gasteiger partial charge in [0.2, 0.25) is 0 Å². The fourth-order valence-corrected chi connectivity index (χ4v) is 0.986. The molecular formula is C25H58. The second-order valence-electron chi connectivity index (χ2n) is 6.51. The van der Waals surface area contributed by atoms with E-state index in [9.17, 15) is 0 Å². The van der Waals surface area contributed by atoms with Crippen LogP contribution in [-0.2, 0) is 0 Å². The number of rotatable bonds is 6. The largest absolute Gasteiger partial charge is 0.103 e. The number of hydrogen-bond donors (Lipinski definition) is 0. The van der Waals surface area contributed by atoms with Crippen molar-refractivity contribution in [1.82, 2.24) is 0 Å². The van der Waals surface area contributed by atoms with Crippen molar-refractivity contribution >= 4 is 0 Å². The van der Waals surface area contributed by atoms with Gasteiger partial charge in [-0.1, -0.05) is 108 Å². The van der Waals surface area contributed by atoms with Crippen LogP contribution in [0.4, 0.5) is 0 Å². The molecule has 0 radical (unpaired) electrons. The van der Waals surface area contributed by atoms with Crippen molar-refractivity contribution in [3.63, 3.8) is 0 Å². The first-order valence-electron chi connectivity index (χ1n) is 8.56. The molecule has 0 saturated carbocycles. The van der Waals surface area contributed by atoms with Gasteiger partial charge in [-0.3, -0.25) is 0 Å². The molecule has 0 N–H and O–H groups in total. The highest BCUT2D eigenvalue weighted by molar-refractivity contribution is 4.95. The summed E-state index contributed by atoms with van der Waals surface area (Å²) in [5.74, 6) is 0.708. The summed E-state index contributed by atoms with van der Waals surface area (Å²) in [6.45, 7) is 27.0. The summed E-state index contributed by atoms with van der Waals surface area (Å²) < 4.78 is 0. The predicted octanol–water partition coefficient (Wildman–Crippen LogP) is 10.5. The van der Waals surface area contributed by atoms with E-state index in [1.54, 1.807) is 0 Å². The fourth-order valence-electron chi connectivity index (χ4n) is 0.986. The first-order valence-corrected chi connectivity index (χ1v) is 8.56. The Labute approximate surface area is 165 Å². The van der Waals surface area contributed by atoms with E-state index in [1.165, 1.54) is 36.8 Å². The fraction of sp³-hybridized carbons (Fsp3) is 0.760. The summed E-state index contributed by atoms with van der Waals surface area (Å²) >= 11 is 0. The molecule has 0 aromatic carbocycles. The third-order valence-electron chi connectivity index (χ3n) is 4.03. The molecule has 0 bridgehead atoms. The van der Waals surface area contributed by atoms with E-state index in [1.807, 2.05) is 6.08 Å². The molecule has 0 aliphatic carbocycles. The second kappa shape index (κ2) is 28.0. The van der Waals surface area contributed by atoms with Gasteiger partial charge in [0, 0.05) is 0 Å². The Morgan fingerprint density at radius 1 is 0.960 bits per heavy atom. The van der Waals surface area contributed by atoms with Gasteiger partial charge in [-0.25, -0.2) is 0 Å². The number of hydrogen-bond acceptors (Lipinski definition) is 0. The summed E-state index contributed by atoms with van der Waals surface area (Å²) in [6, 6.07) is 0. The normalized spacial score (nSPS) is 10.4. The maximum absolute atomic E-state index is 3.83.